The van der Waals surface area contributed by atoms with Crippen LogP contribution in [0.1, 0.15) is 33.6 Å². The summed E-state index contributed by atoms with van der Waals surface area (Å²) in [6.07, 6.45) is 1.58. The molecule has 0 saturated carbocycles. The van der Waals surface area contributed by atoms with E-state index in [9.17, 15) is 9.59 Å². The molecule has 2 heterocycles. The fourth-order valence-electron chi connectivity index (χ4n) is 2.99. The van der Waals surface area contributed by atoms with E-state index in [4.69, 9.17) is 0 Å². The van der Waals surface area contributed by atoms with Crippen molar-refractivity contribution in [2.24, 2.45) is 0 Å². The summed E-state index contributed by atoms with van der Waals surface area (Å²) in [6, 6.07) is 9.22. The maximum absolute atomic E-state index is 12.6. The third kappa shape index (κ3) is 3.29. The first kappa shape index (κ1) is 15.7. The summed E-state index contributed by atoms with van der Waals surface area (Å²) in [5, 5.41) is 4.86. The van der Waals surface area contributed by atoms with Gasteiger partial charge in [-0.3, -0.25) is 9.59 Å². The number of carbonyl (C=O) groups is 2. The molecular weight excluding hydrogens is 308 g/mol. The van der Waals surface area contributed by atoms with Crippen LogP contribution < -0.4 is 5.32 Å². The number of hydrogen-bond donors (Lipinski definition) is 1. The molecule has 1 fully saturated rings. The minimum atomic E-state index is -0.384. The summed E-state index contributed by atoms with van der Waals surface area (Å²) in [4.78, 5) is 27.6. The number of hydrogen-bond acceptors (Lipinski definition) is 3. The summed E-state index contributed by atoms with van der Waals surface area (Å²) in [6.45, 7) is 4.64. The van der Waals surface area contributed by atoms with Crippen LogP contribution in [0, 0.1) is 13.8 Å². The quantitative estimate of drug-likeness (QED) is 0.936. The predicted molar refractivity (Wildman–Crippen MR) is 92.9 cm³/mol. The highest BCUT2D eigenvalue weighted by Crippen LogP contribution is 2.24. The van der Waals surface area contributed by atoms with Crippen molar-refractivity contribution < 1.29 is 9.59 Å². The first-order valence-corrected chi connectivity index (χ1v) is 8.67. The Labute approximate surface area is 140 Å². The second kappa shape index (κ2) is 6.54. The largest absolute Gasteiger partial charge is 0.326 e. The Morgan fingerprint density at radius 2 is 2.09 bits per heavy atom. The van der Waals surface area contributed by atoms with Gasteiger partial charge in [-0.1, -0.05) is 23.8 Å². The number of anilines is 1. The van der Waals surface area contributed by atoms with Crippen LogP contribution in [0.25, 0.3) is 0 Å². The smallest absolute Gasteiger partial charge is 0.264 e. The lowest BCUT2D eigenvalue weighted by Crippen LogP contribution is -2.43. The number of rotatable bonds is 3. The number of benzene rings is 1. The Balaban J connectivity index is 1.74. The van der Waals surface area contributed by atoms with Crippen LogP contribution in [-0.2, 0) is 4.79 Å². The van der Waals surface area contributed by atoms with E-state index >= 15 is 0 Å². The zero-order valence-corrected chi connectivity index (χ0v) is 14.2. The maximum atomic E-state index is 12.6. The van der Waals surface area contributed by atoms with Crippen LogP contribution in [-0.4, -0.2) is 29.3 Å². The fraction of sp³-hybridized carbons (Fsp3) is 0.333. The van der Waals surface area contributed by atoms with Crippen molar-refractivity contribution in [2.45, 2.75) is 32.7 Å². The third-order valence-corrected chi connectivity index (χ3v) is 5.05. The van der Waals surface area contributed by atoms with Gasteiger partial charge in [0.1, 0.15) is 6.04 Å². The van der Waals surface area contributed by atoms with E-state index in [2.05, 4.69) is 5.32 Å². The van der Waals surface area contributed by atoms with E-state index in [-0.39, 0.29) is 17.9 Å². The Morgan fingerprint density at radius 3 is 2.78 bits per heavy atom. The normalized spacial score (nSPS) is 17.3. The lowest BCUT2D eigenvalue weighted by Gasteiger charge is -2.23. The van der Waals surface area contributed by atoms with Gasteiger partial charge in [0.25, 0.3) is 5.91 Å². The van der Waals surface area contributed by atoms with Crippen molar-refractivity contribution in [1.82, 2.24) is 4.90 Å². The molecule has 1 aliphatic heterocycles. The molecule has 1 aromatic carbocycles. The van der Waals surface area contributed by atoms with Gasteiger partial charge in [0.05, 0.1) is 4.88 Å². The molecule has 0 spiro atoms. The van der Waals surface area contributed by atoms with E-state index in [1.54, 1.807) is 4.90 Å². The monoisotopic (exact) mass is 328 g/mol. The number of thiophene rings is 1. The minimum absolute atomic E-state index is 0.0433. The lowest BCUT2D eigenvalue weighted by atomic mass is 10.1. The van der Waals surface area contributed by atoms with Crippen LogP contribution in [0.4, 0.5) is 5.69 Å². The van der Waals surface area contributed by atoms with Crippen molar-refractivity contribution in [3.8, 4) is 0 Å². The Morgan fingerprint density at radius 1 is 1.26 bits per heavy atom. The highest BCUT2D eigenvalue weighted by molar-refractivity contribution is 7.12. The van der Waals surface area contributed by atoms with Crippen LogP contribution in [0.2, 0.25) is 0 Å². The molecule has 1 atom stereocenters. The Bertz CT molecular complexity index is 725. The predicted octanol–water partition coefficient (Wildman–Crippen LogP) is 3.61. The van der Waals surface area contributed by atoms with E-state index in [1.807, 2.05) is 49.6 Å². The zero-order valence-electron chi connectivity index (χ0n) is 13.3. The van der Waals surface area contributed by atoms with Crippen molar-refractivity contribution in [2.75, 3.05) is 11.9 Å². The van der Waals surface area contributed by atoms with Crippen LogP contribution in [0.3, 0.4) is 0 Å². The standard InChI is InChI=1S/C18H20N2O2S/c1-12-7-8-14(13(2)11-12)19-17(21)15-5-3-9-20(15)18(22)16-6-4-10-23-16/h4,6-8,10-11,15H,3,5,9H2,1-2H3,(H,19,21)/t15-/m1/s1. The van der Waals surface area contributed by atoms with Gasteiger partial charge < -0.3 is 10.2 Å². The summed E-state index contributed by atoms with van der Waals surface area (Å²) in [5.74, 6) is -0.141. The van der Waals surface area contributed by atoms with Gasteiger partial charge in [-0.25, -0.2) is 0 Å². The summed E-state index contributed by atoms with van der Waals surface area (Å²) < 4.78 is 0. The SMILES string of the molecule is Cc1ccc(NC(=O)[C@H]2CCCN2C(=O)c2cccs2)c(C)c1. The van der Waals surface area contributed by atoms with Crippen LogP contribution in [0.5, 0.6) is 0 Å². The molecule has 1 aromatic heterocycles. The molecule has 4 nitrogen and oxygen atoms in total. The summed E-state index contributed by atoms with van der Waals surface area (Å²) in [5.41, 5.74) is 3.01. The number of amides is 2. The summed E-state index contributed by atoms with van der Waals surface area (Å²) in [7, 11) is 0. The second-order valence-corrected chi connectivity index (χ2v) is 6.89. The molecule has 0 unspecified atom stereocenters. The highest BCUT2D eigenvalue weighted by atomic mass is 32.1. The van der Waals surface area contributed by atoms with E-state index in [0.717, 1.165) is 23.2 Å². The lowest BCUT2D eigenvalue weighted by molar-refractivity contribution is -0.119. The van der Waals surface area contributed by atoms with Gasteiger partial charge in [-0.15, -0.1) is 11.3 Å². The third-order valence-electron chi connectivity index (χ3n) is 4.19. The molecule has 1 aliphatic rings. The van der Waals surface area contributed by atoms with Crippen LogP contribution in [0.15, 0.2) is 35.7 Å². The van der Waals surface area contributed by atoms with E-state index in [0.29, 0.717) is 17.8 Å². The molecule has 120 valence electrons. The average molecular weight is 328 g/mol. The first-order valence-electron chi connectivity index (χ1n) is 7.79. The minimum Gasteiger partial charge on any atom is -0.326 e. The van der Waals surface area contributed by atoms with Gasteiger partial charge in [-0.2, -0.15) is 0 Å². The first-order chi connectivity index (χ1) is 11.1. The van der Waals surface area contributed by atoms with Gasteiger partial charge in [0, 0.05) is 12.2 Å². The molecule has 1 N–H and O–H groups in total. The topological polar surface area (TPSA) is 49.4 Å². The molecule has 0 aliphatic carbocycles. The second-order valence-electron chi connectivity index (χ2n) is 5.94. The zero-order chi connectivity index (χ0) is 16.4. The molecule has 0 bridgehead atoms. The molecule has 0 radical (unpaired) electrons. The highest BCUT2D eigenvalue weighted by Gasteiger charge is 2.35. The van der Waals surface area contributed by atoms with Gasteiger partial charge in [0.2, 0.25) is 5.91 Å². The number of aryl methyl sites for hydroxylation is 2. The fourth-order valence-corrected chi connectivity index (χ4v) is 3.67. The van der Waals surface area contributed by atoms with Gasteiger partial charge >= 0.3 is 0 Å². The number of likely N-dealkylation sites (tertiary alicyclic amines) is 1. The molecule has 1 saturated heterocycles. The van der Waals surface area contributed by atoms with Crippen LogP contribution >= 0.6 is 11.3 Å². The average Bonchev–Trinajstić information content (AvgIpc) is 3.20. The van der Waals surface area contributed by atoms with E-state index in [1.165, 1.54) is 11.3 Å². The van der Waals surface area contributed by atoms with Gasteiger partial charge in [0.15, 0.2) is 0 Å². The Hall–Kier alpha value is -2.14. The Kier molecular flexibility index (Phi) is 4.48. The molecular formula is C18H20N2O2S. The van der Waals surface area contributed by atoms with Crippen molar-refractivity contribution in [3.05, 3.63) is 51.7 Å². The molecule has 2 amide bonds. The molecule has 2 aromatic rings. The van der Waals surface area contributed by atoms with Gasteiger partial charge in [-0.05, 0) is 49.8 Å². The van der Waals surface area contributed by atoms with Crippen molar-refractivity contribution in [3.63, 3.8) is 0 Å². The molecule has 5 heteroatoms. The number of nitrogens with one attached hydrogen (secondary N) is 1. The van der Waals surface area contributed by atoms with Crippen molar-refractivity contribution in [1.29, 1.82) is 0 Å². The van der Waals surface area contributed by atoms with E-state index < -0.39 is 0 Å². The molecule has 23 heavy (non-hydrogen) atoms. The molecule has 3 rings (SSSR count). The maximum Gasteiger partial charge on any atom is 0.264 e. The number of carbonyl (C=O) groups excluding carboxylic acids is 2. The number of nitrogens with zero attached hydrogens (tertiary/aromatic N) is 1. The summed E-state index contributed by atoms with van der Waals surface area (Å²) >= 11 is 1.42. The van der Waals surface area contributed by atoms with Crippen molar-refractivity contribution >= 4 is 28.8 Å².